The molecule has 1 heterocycles. The van der Waals surface area contributed by atoms with Crippen molar-refractivity contribution in [1.29, 1.82) is 0 Å². The molecule has 0 saturated heterocycles. The van der Waals surface area contributed by atoms with Gasteiger partial charge in [-0.3, -0.25) is 0 Å². The third-order valence-corrected chi connectivity index (χ3v) is 4.59. The van der Waals surface area contributed by atoms with E-state index in [1.54, 1.807) is 0 Å². The second-order valence-electron chi connectivity index (χ2n) is 7.09. The number of hydrogen-bond acceptors (Lipinski definition) is 4. The highest BCUT2D eigenvalue weighted by molar-refractivity contribution is 5.89. The molecule has 160 valence electrons. The number of nitrogens with zero attached hydrogens (tertiary/aromatic N) is 2. The van der Waals surface area contributed by atoms with E-state index in [1.807, 2.05) is 31.2 Å². The molecule has 0 aromatic heterocycles. The van der Waals surface area contributed by atoms with Crippen molar-refractivity contribution >= 4 is 23.3 Å². The Labute approximate surface area is 186 Å². The molecule has 6 heteroatoms. The molecule has 0 amide bonds. The van der Waals surface area contributed by atoms with Crippen molar-refractivity contribution in [2.45, 2.75) is 19.8 Å². The number of carboxylic acids is 2. The van der Waals surface area contributed by atoms with Crippen LogP contribution >= 0.6 is 0 Å². The molecular formula is C24H30N2O4. The van der Waals surface area contributed by atoms with Crippen molar-refractivity contribution < 1.29 is 28.0 Å². The Bertz CT molecular complexity index is 1010. The Kier molecular flexibility index (Phi) is 5.84. The monoisotopic (exact) mass is 416 g/mol. The van der Waals surface area contributed by atoms with Crippen molar-refractivity contribution in [3.63, 3.8) is 0 Å². The van der Waals surface area contributed by atoms with Gasteiger partial charge in [-0.15, -0.1) is 0 Å². The van der Waals surface area contributed by atoms with Gasteiger partial charge in [0.2, 0.25) is 0 Å². The first-order valence-electron chi connectivity index (χ1n) is 12.5. The maximum atomic E-state index is 9.55. The van der Waals surface area contributed by atoms with Gasteiger partial charge >= 0.3 is 11.9 Å². The van der Waals surface area contributed by atoms with E-state index in [-0.39, 0.29) is 12.5 Å². The van der Waals surface area contributed by atoms with Gasteiger partial charge in [-0.1, -0.05) is 43.3 Å². The summed E-state index contributed by atoms with van der Waals surface area (Å²) in [5.74, 6) is -2.68. The number of aryl methyl sites for hydroxylation is 2. The Balaban J connectivity index is 0.000000493. The highest BCUT2D eigenvalue weighted by Crippen LogP contribution is 2.36. The minimum atomic E-state index is -2.66. The summed E-state index contributed by atoms with van der Waals surface area (Å²) in [5.41, 5.74) is 4.70. The molecular weight excluding hydrogens is 380 g/mol. The molecule has 0 fully saturated rings. The summed E-state index contributed by atoms with van der Waals surface area (Å²) in [6.07, 6.45) is 2.99. The Morgan fingerprint density at radius 3 is 1.90 bits per heavy atom. The number of carbonyl (C=O) groups is 2. The van der Waals surface area contributed by atoms with Crippen molar-refractivity contribution in [3.8, 4) is 0 Å². The largest absolute Gasteiger partial charge is 0.478 e. The zero-order valence-corrected chi connectivity index (χ0v) is 16.8. The summed E-state index contributed by atoms with van der Waals surface area (Å²) in [7, 11) is 0. The summed E-state index contributed by atoms with van der Waals surface area (Å²) >= 11 is 0. The molecule has 6 nitrogen and oxygen atoms in total. The number of rotatable bonds is 6. The molecule has 1 atom stereocenters. The zero-order valence-electron chi connectivity index (χ0n) is 22.8. The van der Waals surface area contributed by atoms with Gasteiger partial charge in [-0.25, -0.2) is 9.59 Å². The minimum Gasteiger partial charge on any atom is -0.478 e. The number of fused-ring (bicyclic) bond motifs is 2. The first-order valence-corrected chi connectivity index (χ1v) is 9.55. The van der Waals surface area contributed by atoms with Gasteiger partial charge in [0.05, 0.1) is 0 Å². The number of anilines is 2. The van der Waals surface area contributed by atoms with Gasteiger partial charge in [-0.2, -0.15) is 0 Å². The predicted molar refractivity (Wildman–Crippen MR) is 119 cm³/mol. The molecule has 0 radical (unpaired) electrons. The number of aliphatic carboxylic acids is 2. The van der Waals surface area contributed by atoms with Crippen LogP contribution in [0.1, 0.15) is 26.3 Å². The maximum Gasteiger partial charge on any atom is 0.328 e. The molecule has 0 bridgehead atoms. The molecule has 0 aliphatic carbocycles. The van der Waals surface area contributed by atoms with E-state index in [0.29, 0.717) is 23.6 Å². The van der Waals surface area contributed by atoms with Crippen LogP contribution in [0.4, 0.5) is 11.4 Å². The Morgan fingerprint density at radius 1 is 1.00 bits per heavy atom. The van der Waals surface area contributed by atoms with Crippen molar-refractivity contribution in [3.05, 3.63) is 71.8 Å². The van der Waals surface area contributed by atoms with Gasteiger partial charge in [0.1, 0.15) is 0 Å². The molecule has 0 spiro atoms. The van der Waals surface area contributed by atoms with Gasteiger partial charge in [0.15, 0.2) is 0 Å². The summed E-state index contributed by atoms with van der Waals surface area (Å²) in [5, 5.41) is 15.6. The normalized spacial score (nSPS) is 17.5. The summed E-state index contributed by atoms with van der Waals surface area (Å²) in [4.78, 5) is 22.0. The molecule has 2 N–H and O–H groups in total. The van der Waals surface area contributed by atoms with Crippen LogP contribution in [-0.4, -0.2) is 54.1 Å². The van der Waals surface area contributed by atoms with Crippen molar-refractivity contribution in [2.75, 3.05) is 31.9 Å². The second kappa shape index (κ2) is 11.2. The van der Waals surface area contributed by atoms with E-state index in [9.17, 15) is 9.59 Å². The van der Waals surface area contributed by atoms with Crippen LogP contribution in [0.2, 0.25) is 0 Å². The zero-order chi connectivity index (χ0) is 27.1. The fourth-order valence-corrected chi connectivity index (χ4v) is 3.39. The van der Waals surface area contributed by atoms with Crippen LogP contribution in [0.15, 0.2) is 60.7 Å². The van der Waals surface area contributed by atoms with E-state index in [0.717, 1.165) is 24.2 Å². The topological polar surface area (TPSA) is 81.1 Å². The minimum absolute atomic E-state index is 0.0339. The highest BCUT2D eigenvalue weighted by Gasteiger charge is 2.21. The first-order chi connectivity index (χ1) is 16.7. The Morgan fingerprint density at radius 2 is 1.47 bits per heavy atom. The molecule has 2 aromatic rings. The molecule has 1 aliphatic heterocycles. The Hall–Kier alpha value is -3.12. The number of hydrogen-bond donors (Lipinski definition) is 2. The summed E-state index contributed by atoms with van der Waals surface area (Å²) < 4.78 is 45.7. The van der Waals surface area contributed by atoms with E-state index < -0.39 is 25.9 Å². The van der Waals surface area contributed by atoms with Crippen LogP contribution < -0.4 is 4.90 Å². The standard InChI is InChI=1S/C20H26N2.C4H4O4/c1-16(14-21(2)3)15-22-19-10-6-4-8-17(19)12-13-18-9-5-7-11-20(18)22;5-3(6)1-2-4(7)8/h4-11,16H,12-15H2,1-3H3;1-2H,(H,5,6)(H,7,8)/b;2-1+/i2D3,3D3;. The van der Waals surface area contributed by atoms with Crippen LogP contribution in [0.25, 0.3) is 0 Å². The molecule has 30 heavy (non-hydrogen) atoms. The van der Waals surface area contributed by atoms with Crippen LogP contribution in [-0.2, 0) is 22.4 Å². The maximum absolute atomic E-state index is 9.55. The predicted octanol–water partition coefficient (Wildman–Crippen LogP) is 3.83. The summed E-state index contributed by atoms with van der Waals surface area (Å²) in [6, 6.07) is 16.5. The van der Waals surface area contributed by atoms with Gasteiger partial charge < -0.3 is 20.0 Å². The molecule has 0 saturated carbocycles. The van der Waals surface area contributed by atoms with E-state index >= 15 is 0 Å². The van der Waals surface area contributed by atoms with Crippen molar-refractivity contribution in [2.24, 2.45) is 5.92 Å². The number of benzene rings is 2. The quantitative estimate of drug-likeness (QED) is 0.697. The van der Waals surface area contributed by atoms with Gasteiger partial charge in [0.25, 0.3) is 0 Å². The molecule has 1 unspecified atom stereocenters. The number of para-hydroxylation sites is 2. The average Bonchev–Trinajstić information content (AvgIpc) is 2.92. The molecule has 1 aliphatic rings. The fourth-order valence-electron chi connectivity index (χ4n) is 3.39. The summed E-state index contributed by atoms with van der Waals surface area (Å²) in [6.45, 7) is -2.91. The highest BCUT2D eigenvalue weighted by atomic mass is 16.4. The lowest BCUT2D eigenvalue weighted by molar-refractivity contribution is -0.134. The van der Waals surface area contributed by atoms with E-state index in [4.69, 9.17) is 18.4 Å². The third-order valence-electron chi connectivity index (χ3n) is 4.59. The molecule has 2 aromatic carbocycles. The lowest BCUT2D eigenvalue weighted by Crippen LogP contribution is -2.30. The number of carboxylic acid groups (broad SMARTS) is 2. The fraction of sp³-hybridized carbons (Fsp3) is 0.333. The second-order valence-corrected chi connectivity index (χ2v) is 7.09. The smallest absolute Gasteiger partial charge is 0.328 e. The average molecular weight is 417 g/mol. The first kappa shape index (κ1) is 15.7. The van der Waals surface area contributed by atoms with Crippen LogP contribution in [0.5, 0.6) is 0 Å². The lowest BCUT2D eigenvalue weighted by atomic mass is 10.0. The lowest BCUT2D eigenvalue weighted by Gasteiger charge is -2.30. The van der Waals surface area contributed by atoms with Crippen LogP contribution in [0, 0.1) is 5.92 Å². The van der Waals surface area contributed by atoms with Crippen molar-refractivity contribution in [1.82, 2.24) is 4.90 Å². The molecule has 3 rings (SSSR count). The SMILES string of the molecule is O=C(O)/C=C/C(=O)O.[2H]C([2H])([2H])N(CC(C)CN1c2ccccc2CCc2ccccc21)C([2H])([2H])[2H]. The van der Waals surface area contributed by atoms with Crippen LogP contribution in [0.3, 0.4) is 0 Å². The van der Waals surface area contributed by atoms with Gasteiger partial charge in [-0.05, 0) is 56.0 Å². The van der Waals surface area contributed by atoms with Gasteiger partial charge in [0, 0.05) is 44.8 Å². The third kappa shape index (κ3) is 7.04. The van der Waals surface area contributed by atoms with E-state index in [2.05, 4.69) is 29.2 Å². The van der Waals surface area contributed by atoms with E-state index in [1.165, 1.54) is 11.1 Å².